The first-order chi connectivity index (χ1) is 9.31. The Morgan fingerprint density at radius 1 is 1.26 bits per heavy atom. The van der Waals surface area contributed by atoms with Gasteiger partial charge in [0.25, 0.3) is 0 Å². The minimum absolute atomic E-state index is 0.0827. The van der Waals surface area contributed by atoms with Crippen LogP contribution in [0.3, 0.4) is 0 Å². The largest absolute Gasteiger partial charge is 0.355 e. The Labute approximate surface area is 121 Å². The minimum Gasteiger partial charge on any atom is -0.355 e. The maximum absolute atomic E-state index is 12.1. The molecule has 3 nitrogen and oxygen atoms in total. The lowest BCUT2D eigenvalue weighted by molar-refractivity contribution is -0.122. The molecule has 4 heteroatoms. The third-order valence-corrected chi connectivity index (χ3v) is 5.20. The lowest BCUT2D eigenvalue weighted by atomic mass is 9.85. The zero-order valence-electron chi connectivity index (χ0n) is 12.1. The van der Waals surface area contributed by atoms with Crippen LogP contribution in [0.1, 0.15) is 51.4 Å². The molecule has 3 unspecified atom stereocenters. The summed E-state index contributed by atoms with van der Waals surface area (Å²) in [6, 6.07) is 0.699. The highest BCUT2D eigenvalue weighted by Gasteiger charge is 2.37. The van der Waals surface area contributed by atoms with Crippen LogP contribution in [-0.2, 0) is 4.79 Å². The zero-order chi connectivity index (χ0) is 13.5. The van der Waals surface area contributed by atoms with Crippen molar-refractivity contribution >= 4 is 17.7 Å². The lowest BCUT2D eigenvalue weighted by Crippen LogP contribution is -2.43. The first-order valence-electron chi connectivity index (χ1n) is 7.84. The van der Waals surface area contributed by atoms with E-state index in [-0.39, 0.29) is 11.9 Å². The third kappa shape index (κ3) is 4.67. The van der Waals surface area contributed by atoms with Gasteiger partial charge >= 0.3 is 0 Å². The van der Waals surface area contributed by atoms with Gasteiger partial charge < -0.3 is 10.6 Å². The number of unbranched alkanes of at least 4 members (excludes halogenated alkanes) is 2. The topological polar surface area (TPSA) is 41.1 Å². The molecule has 0 aromatic carbocycles. The fourth-order valence-electron chi connectivity index (χ4n) is 3.40. The molecule has 0 bridgehead atoms. The van der Waals surface area contributed by atoms with Crippen molar-refractivity contribution in [2.24, 2.45) is 5.92 Å². The van der Waals surface area contributed by atoms with Crippen molar-refractivity contribution in [3.63, 3.8) is 0 Å². The van der Waals surface area contributed by atoms with Crippen LogP contribution in [0.4, 0.5) is 0 Å². The van der Waals surface area contributed by atoms with E-state index in [9.17, 15) is 4.79 Å². The van der Waals surface area contributed by atoms with E-state index in [1.54, 1.807) is 0 Å². The van der Waals surface area contributed by atoms with Crippen LogP contribution in [0, 0.1) is 5.92 Å². The Morgan fingerprint density at radius 3 is 2.89 bits per heavy atom. The molecule has 110 valence electrons. The van der Waals surface area contributed by atoms with Crippen molar-refractivity contribution in [2.45, 2.75) is 63.5 Å². The SMILES string of the molecule is CSCCCCCNC(=O)C1CC2CCCCC2N1. The predicted octanol–water partition coefficient (Wildman–Crippen LogP) is 2.56. The second-order valence-electron chi connectivity index (χ2n) is 5.95. The van der Waals surface area contributed by atoms with Gasteiger partial charge in [-0.25, -0.2) is 0 Å². The maximum Gasteiger partial charge on any atom is 0.237 e. The Balaban J connectivity index is 1.59. The van der Waals surface area contributed by atoms with E-state index >= 15 is 0 Å². The monoisotopic (exact) mass is 284 g/mol. The number of carbonyl (C=O) groups excluding carboxylic acids is 1. The molecule has 2 aliphatic rings. The molecular formula is C15H28N2OS. The van der Waals surface area contributed by atoms with Gasteiger partial charge in [0, 0.05) is 12.6 Å². The van der Waals surface area contributed by atoms with Crippen LogP contribution in [0.15, 0.2) is 0 Å². The minimum atomic E-state index is 0.0827. The summed E-state index contributed by atoms with van der Waals surface area (Å²) in [5.41, 5.74) is 0. The van der Waals surface area contributed by atoms with Gasteiger partial charge in [0.15, 0.2) is 0 Å². The quantitative estimate of drug-likeness (QED) is 0.706. The lowest BCUT2D eigenvalue weighted by Gasteiger charge is -2.24. The highest BCUT2D eigenvalue weighted by atomic mass is 32.2. The van der Waals surface area contributed by atoms with E-state index in [4.69, 9.17) is 0 Å². The molecule has 1 amide bonds. The Hall–Kier alpha value is -0.220. The fraction of sp³-hybridized carbons (Fsp3) is 0.933. The molecule has 1 heterocycles. The van der Waals surface area contributed by atoms with Crippen LogP contribution >= 0.6 is 11.8 Å². The standard InChI is InChI=1S/C15H28N2OS/c1-19-10-6-2-5-9-16-15(18)14-11-12-7-3-4-8-13(12)17-14/h12-14,17H,2-11H2,1H3,(H,16,18). The average Bonchev–Trinajstić information content (AvgIpc) is 2.86. The molecule has 0 spiro atoms. The van der Waals surface area contributed by atoms with Crippen LogP contribution < -0.4 is 10.6 Å². The molecule has 0 aromatic heterocycles. The first kappa shape index (κ1) is 15.2. The van der Waals surface area contributed by atoms with E-state index in [0.717, 1.165) is 25.3 Å². The zero-order valence-corrected chi connectivity index (χ0v) is 12.9. The summed E-state index contributed by atoms with van der Waals surface area (Å²) < 4.78 is 0. The van der Waals surface area contributed by atoms with Crippen molar-refractivity contribution in [3.05, 3.63) is 0 Å². The van der Waals surface area contributed by atoms with Gasteiger partial charge in [-0.3, -0.25) is 4.79 Å². The number of nitrogens with one attached hydrogen (secondary N) is 2. The molecule has 0 radical (unpaired) electrons. The number of hydrogen-bond acceptors (Lipinski definition) is 3. The van der Waals surface area contributed by atoms with Crippen molar-refractivity contribution in [1.82, 2.24) is 10.6 Å². The average molecular weight is 284 g/mol. The number of hydrogen-bond donors (Lipinski definition) is 2. The summed E-state index contributed by atoms with van der Waals surface area (Å²) in [5, 5.41) is 6.64. The molecular weight excluding hydrogens is 256 g/mol. The van der Waals surface area contributed by atoms with Gasteiger partial charge in [0.2, 0.25) is 5.91 Å². The molecule has 2 fully saturated rings. The Kier molecular flexibility index (Phi) is 6.51. The third-order valence-electron chi connectivity index (χ3n) is 4.50. The highest BCUT2D eigenvalue weighted by Crippen LogP contribution is 2.33. The van der Waals surface area contributed by atoms with Gasteiger partial charge in [-0.05, 0) is 50.0 Å². The van der Waals surface area contributed by atoms with Crippen LogP contribution in [0.25, 0.3) is 0 Å². The number of thioether (sulfide) groups is 1. The number of rotatable bonds is 7. The van der Waals surface area contributed by atoms with Gasteiger partial charge in [0.05, 0.1) is 6.04 Å². The van der Waals surface area contributed by atoms with Gasteiger partial charge in [-0.1, -0.05) is 19.3 Å². The number of fused-ring (bicyclic) bond motifs is 1. The molecule has 1 saturated carbocycles. The first-order valence-corrected chi connectivity index (χ1v) is 9.23. The molecule has 1 aliphatic carbocycles. The Morgan fingerprint density at radius 2 is 2.11 bits per heavy atom. The second kappa shape index (κ2) is 8.15. The summed E-state index contributed by atoms with van der Waals surface area (Å²) in [6.45, 7) is 0.848. The maximum atomic E-state index is 12.1. The molecule has 2 N–H and O–H groups in total. The molecule has 1 saturated heterocycles. The predicted molar refractivity (Wildman–Crippen MR) is 82.5 cm³/mol. The van der Waals surface area contributed by atoms with Crippen molar-refractivity contribution in [3.8, 4) is 0 Å². The summed E-state index contributed by atoms with van der Waals surface area (Å²) in [4.78, 5) is 12.1. The molecule has 3 atom stereocenters. The van der Waals surface area contributed by atoms with Crippen LogP contribution in [-0.4, -0.2) is 36.5 Å². The van der Waals surface area contributed by atoms with E-state index in [1.807, 2.05) is 11.8 Å². The van der Waals surface area contributed by atoms with E-state index < -0.39 is 0 Å². The van der Waals surface area contributed by atoms with Crippen LogP contribution in [0.5, 0.6) is 0 Å². The normalized spacial score (nSPS) is 30.1. The highest BCUT2D eigenvalue weighted by molar-refractivity contribution is 7.98. The number of amides is 1. The van der Waals surface area contributed by atoms with Crippen LogP contribution in [0.2, 0.25) is 0 Å². The number of carbonyl (C=O) groups is 1. The Bertz CT molecular complexity index is 271. The second-order valence-corrected chi connectivity index (χ2v) is 6.94. The van der Waals surface area contributed by atoms with E-state index in [2.05, 4.69) is 16.9 Å². The van der Waals surface area contributed by atoms with Gasteiger partial charge in [-0.15, -0.1) is 0 Å². The van der Waals surface area contributed by atoms with E-state index in [1.165, 1.54) is 44.3 Å². The van der Waals surface area contributed by atoms with E-state index in [0.29, 0.717) is 6.04 Å². The fourth-order valence-corrected chi connectivity index (χ4v) is 3.90. The molecule has 2 rings (SSSR count). The summed E-state index contributed by atoms with van der Waals surface area (Å²) >= 11 is 1.90. The molecule has 19 heavy (non-hydrogen) atoms. The summed E-state index contributed by atoms with van der Waals surface area (Å²) in [6.07, 6.45) is 12.1. The summed E-state index contributed by atoms with van der Waals surface area (Å²) in [7, 11) is 0. The smallest absolute Gasteiger partial charge is 0.237 e. The molecule has 1 aliphatic heterocycles. The van der Waals surface area contributed by atoms with Gasteiger partial charge in [-0.2, -0.15) is 11.8 Å². The summed E-state index contributed by atoms with van der Waals surface area (Å²) in [5.74, 6) is 2.23. The molecule has 0 aromatic rings. The van der Waals surface area contributed by atoms with Crippen molar-refractivity contribution in [2.75, 3.05) is 18.6 Å². The van der Waals surface area contributed by atoms with Crippen molar-refractivity contribution < 1.29 is 4.79 Å². The van der Waals surface area contributed by atoms with Crippen molar-refractivity contribution in [1.29, 1.82) is 0 Å². The van der Waals surface area contributed by atoms with Gasteiger partial charge in [0.1, 0.15) is 0 Å².